The van der Waals surface area contributed by atoms with Crippen LogP contribution in [0.15, 0.2) is 10.9 Å². The number of carboxylic acids is 1. The van der Waals surface area contributed by atoms with E-state index in [2.05, 4.69) is 0 Å². The van der Waals surface area contributed by atoms with Crippen LogP contribution in [-0.2, 0) is 7.05 Å². The lowest BCUT2D eigenvalue weighted by atomic mass is 10.2. The number of aromatic nitrogens is 1. The zero-order chi connectivity index (χ0) is 10.2. The number of aryl methyl sites for hydroxylation is 1. The van der Waals surface area contributed by atoms with Crippen LogP contribution in [0.4, 0.5) is 0 Å². The van der Waals surface area contributed by atoms with Crippen LogP contribution < -0.4 is 10.7 Å². The molecule has 1 aromatic heterocycles. The Balaban J connectivity index is 3.63. The Hall–Kier alpha value is -1.78. The second-order valence-corrected chi connectivity index (χ2v) is 2.69. The third-order valence-corrected chi connectivity index (χ3v) is 1.85. The molecule has 0 saturated carbocycles. The SMILES string of the molecule is Cc1cc([O-])c(C(=O)O)c(=O)n1C. The predicted molar refractivity (Wildman–Crippen MR) is 42.8 cm³/mol. The number of pyridine rings is 1. The van der Waals surface area contributed by atoms with Gasteiger partial charge in [-0.2, -0.15) is 0 Å². The minimum Gasteiger partial charge on any atom is -0.872 e. The summed E-state index contributed by atoms with van der Waals surface area (Å²) in [6.45, 7) is 1.56. The summed E-state index contributed by atoms with van der Waals surface area (Å²) >= 11 is 0. The Kier molecular flexibility index (Phi) is 2.10. The molecule has 0 atom stereocenters. The summed E-state index contributed by atoms with van der Waals surface area (Å²) in [5.74, 6) is -2.22. The molecule has 0 fully saturated rings. The summed E-state index contributed by atoms with van der Waals surface area (Å²) in [5.41, 5.74) is -1.02. The maximum absolute atomic E-state index is 11.2. The van der Waals surface area contributed by atoms with Crippen molar-refractivity contribution in [1.29, 1.82) is 0 Å². The topological polar surface area (TPSA) is 82.4 Å². The third kappa shape index (κ3) is 1.40. The van der Waals surface area contributed by atoms with Crippen LogP contribution >= 0.6 is 0 Å². The first kappa shape index (κ1) is 9.31. The van der Waals surface area contributed by atoms with E-state index < -0.39 is 22.8 Å². The first-order chi connectivity index (χ1) is 5.95. The normalized spacial score (nSPS) is 10.0. The Labute approximate surface area is 73.9 Å². The molecule has 5 heteroatoms. The van der Waals surface area contributed by atoms with Crippen molar-refractivity contribution in [3.63, 3.8) is 0 Å². The lowest BCUT2D eigenvalue weighted by molar-refractivity contribution is -0.269. The van der Waals surface area contributed by atoms with E-state index in [1.807, 2.05) is 0 Å². The highest BCUT2D eigenvalue weighted by Gasteiger charge is 2.11. The fraction of sp³-hybridized carbons (Fsp3) is 0.250. The highest BCUT2D eigenvalue weighted by Crippen LogP contribution is 2.09. The zero-order valence-electron chi connectivity index (χ0n) is 7.20. The van der Waals surface area contributed by atoms with E-state index in [1.54, 1.807) is 6.92 Å². The molecule has 0 radical (unpaired) electrons. The average Bonchev–Trinajstić information content (AvgIpc) is 1.99. The van der Waals surface area contributed by atoms with Gasteiger partial charge < -0.3 is 14.8 Å². The number of carbonyl (C=O) groups is 1. The van der Waals surface area contributed by atoms with E-state index in [4.69, 9.17) is 5.11 Å². The van der Waals surface area contributed by atoms with Gasteiger partial charge in [-0.1, -0.05) is 5.75 Å². The smallest absolute Gasteiger partial charge is 0.340 e. The molecule has 0 spiro atoms. The Bertz CT molecular complexity index is 419. The van der Waals surface area contributed by atoms with Crippen LogP contribution in [0.5, 0.6) is 5.75 Å². The van der Waals surface area contributed by atoms with Crippen LogP contribution in [0.1, 0.15) is 16.1 Å². The molecule has 0 aromatic carbocycles. The van der Waals surface area contributed by atoms with Gasteiger partial charge in [-0.3, -0.25) is 4.79 Å². The van der Waals surface area contributed by atoms with Gasteiger partial charge in [-0.15, -0.1) is 0 Å². The zero-order valence-corrected chi connectivity index (χ0v) is 7.20. The molecule has 5 nitrogen and oxygen atoms in total. The molecule has 70 valence electrons. The van der Waals surface area contributed by atoms with Crippen LogP contribution in [-0.4, -0.2) is 15.6 Å². The Morgan fingerprint density at radius 3 is 2.62 bits per heavy atom. The van der Waals surface area contributed by atoms with Crippen LogP contribution in [0.25, 0.3) is 0 Å². The van der Waals surface area contributed by atoms with E-state index in [0.717, 1.165) is 10.6 Å². The molecule has 0 aliphatic carbocycles. The number of rotatable bonds is 1. The predicted octanol–water partition coefficient (Wildman–Crippen LogP) is -0.534. The molecule has 1 rings (SSSR count). The van der Waals surface area contributed by atoms with Crippen molar-refractivity contribution in [2.24, 2.45) is 7.05 Å². The number of hydrogen-bond donors (Lipinski definition) is 1. The average molecular weight is 182 g/mol. The summed E-state index contributed by atoms with van der Waals surface area (Å²) in [5, 5.41) is 19.6. The number of hydrogen-bond acceptors (Lipinski definition) is 3. The van der Waals surface area contributed by atoms with Gasteiger partial charge in [-0.25, -0.2) is 4.79 Å². The van der Waals surface area contributed by atoms with Crippen molar-refractivity contribution in [3.8, 4) is 5.75 Å². The standard InChI is InChI=1S/C8H9NO4/c1-4-3-5(10)6(8(12)13)7(11)9(4)2/h3,10H,1-2H3,(H,12,13)/p-1. The minimum absolute atomic E-state index is 0.444. The molecule has 0 aliphatic heterocycles. The molecule has 0 saturated heterocycles. The van der Waals surface area contributed by atoms with Crippen LogP contribution in [0.2, 0.25) is 0 Å². The minimum atomic E-state index is -1.48. The Morgan fingerprint density at radius 2 is 2.15 bits per heavy atom. The maximum Gasteiger partial charge on any atom is 0.340 e. The quantitative estimate of drug-likeness (QED) is 0.632. The van der Waals surface area contributed by atoms with Gasteiger partial charge in [0.15, 0.2) is 0 Å². The highest BCUT2D eigenvalue weighted by molar-refractivity contribution is 5.90. The lowest BCUT2D eigenvalue weighted by Gasteiger charge is -2.13. The second-order valence-electron chi connectivity index (χ2n) is 2.69. The van der Waals surface area contributed by atoms with Crippen molar-refractivity contribution in [1.82, 2.24) is 4.57 Å². The first-order valence-electron chi connectivity index (χ1n) is 3.56. The van der Waals surface area contributed by atoms with Crippen molar-refractivity contribution in [3.05, 3.63) is 27.7 Å². The Morgan fingerprint density at radius 1 is 1.62 bits per heavy atom. The van der Waals surface area contributed by atoms with Crippen LogP contribution in [0.3, 0.4) is 0 Å². The molecular formula is C8H8NO4-. The van der Waals surface area contributed by atoms with Crippen molar-refractivity contribution >= 4 is 5.97 Å². The maximum atomic E-state index is 11.2. The van der Waals surface area contributed by atoms with Gasteiger partial charge >= 0.3 is 5.97 Å². The molecule has 1 aromatic rings. The van der Waals surface area contributed by atoms with Crippen molar-refractivity contribution in [2.75, 3.05) is 0 Å². The largest absolute Gasteiger partial charge is 0.872 e. The molecule has 0 bridgehead atoms. The number of carboxylic acid groups (broad SMARTS) is 1. The molecule has 13 heavy (non-hydrogen) atoms. The van der Waals surface area contributed by atoms with Gasteiger partial charge in [0.2, 0.25) is 0 Å². The number of nitrogens with zero attached hydrogens (tertiary/aromatic N) is 1. The monoisotopic (exact) mass is 182 g/mol. The molecular weight excluding hydrogens is 174 g/mol. The van der Waals surface area contributed by atoms with Gasteiger partial charge in [0, 0.05) is 12.7 Å². The van der Waals surface area contributed by atoms with E-state index in [-0.39, 0.29) is 0 Å². The van der Waals surface area contributed by atoms with E-state index in [1.165, 1.54) is 7.05 Å². The number of aromatic carboxylic acids is 1. The third-order valence-electron chi connectivity index (χ3n) is 1.85. The molecule has 0 unspecified atom stereocenters. The molecule has 0 amide bonds. The van der Waals surface area contributed by atoms with Gasteiger partial charge in [0.25, 0.3) is 5.56 Å². The summed E-state index contributed by atoms with van der Waals surface area (Å²) in [4.78, 5) is 21.7. The fourth-order valence-corrected chi connectivity index (χ4v) is 0.989. The summed E-state index contributed by atoms with van der Waals surface area (Å²) in [6, 6.07) is 1.13. The van der Waals surface area contributed by atoms with E-state index >= 15 is 0 Å². The summed E-state index contributed by atoms with van der Waals surface area (Å²) in [7, 11) is 1.42. The van der Waals surface area contributed by atoms with Crippen molar-refractivity contribution < 1.29 is 15.0 Å². The molecule has 0 aliphatic rings. The fourth-order valence-electron chi connectivity index (χ4n) is 0.989. The van der Waals surface area contributed by atoms with Gasteiger partial charge in [0.05, 0.1) is 0 Å². The molecule has 1 heterocycles. The summed E-state index contributed by atoms with van der Waals surface area (Å²) in [6.07, 6.45) is 0. The van der Waals surface area contributed by atoms with Gasteiger partial charge in [-0.05, 0) is 13.0 Å². The van der Waals surface area contributed by atoms with Crippen molar-refractivity contribution in [2.45, 2.75) is 6.92 Å². The second kappa shape index (κ2) is 2.93. The first-order valence-corrected chi connectivity index (χ1v) is 3.56. The highest BCUT2D eigenvalue weighted by atomic mass is 16.4. The summed E-state index contributed by atoms with van der Waals surface area (Å²) < 4.78 is 1.13. The van der Waals surface area contributed by atoms with Crippen LogP contribution in [0, 0.1) is 6.92 Å². The van der Waals surface area contributed by atoms with E-state index in [0.29, 0.717) is 5.69 Å². The lowest BCUT2D eigenvalue weighted by Crippen LogP contribution is -2.27. The van der Waals surface area contributed by atoms with E-state index in [9.17, 15) is 14.7 Å². The van der Waals surface area contributed by atoms with Gasteiger partial charge in [0.1, 0.15) is 5.56 Å². The molecule has 1 N–H and O–H groups in total.